The van der Waals surface area contributed by atoms with Gasteiger partial charge >= 0.3 is 0 Å². The van der Waals surface area contributed by atoms with Crippen molar-refractivity contribution in [1.82, 2.24) is 25.6 Å². The standard InChI is InChI=1S/C19H19ClFN5O4S/c1-19(2)23-10(9-30-19)8-29-15-6-12(20)11(5-13(15)21)16(27)24-25-17(28)14-7-26-3-4-31-18(26)22-14/h3-7,10,23H,8-9H2,1-2H3,(H,24,27)(H,25,28). The van der Waals surface area contributed by atoms with Crippen LogP contribution in [0.5, 0.6) is 5.75 Å². The summed E-state index contributed by atoms with van der Waals surface area (Å²) in [5.41, 5.74) is 3.94. The number of hydrazine groups is 1. The lowest BCUT2D eigenvalue weighted by Crippen LogP contribution is -2.42. The molecule has 1 aromatic carbocycles. The van der Waals surface area contributed by atoms with Crippen LogP contribution < -0.4 is 20.9 Å². The van der Waals surface area contributed by atoms with E-state index in [0.29, 0.717) is 11.6 Å². The monoisotopic (exact) mass is 467 g/mol. The number of hydrogen-bond donors (Lipinski definition) is 3. The van der Waals surface area contributed by atoms with Crippen molar-refractivity contribution in [3.8, 4) is 5.75 Å². The third kappa shape index (κ3) is 4.79. The molecule has 12 heteroatoms. The number of halogens is 2. The van der Waals surface area contributed by atoms with Crippen LogP contribution in [-0.4, -0.2) is 46.2 Å². The lowest BCUT2D eigenvalue weighted by atomic mass is 10.2. The largest absolute Gasteiger partial charge is 0.489 e. The fourth-order valence-corrected chi connectivity index (χ4v) is 4.00. The summed E-state index contributed by atoms with van der Waals surface area (Å²) in [7, 11) is 0. The van der Waals surface area contributed by atoms with Crippen molar-refractivity contribution in [1.29, 1.82) is 0 Å². The number of nitrogens with one attached hydrogen (secondary N) is 3. The molecule has 0 spiro atoms. The highest BCUT2D eigenvalue weighted by Crippen LogP contribution is 2.27. The lowest BCUT2D eigenvalue weighted by Gasteiger charge is -2.18. The third-order valence-corrected chi connectivity index (χ3v) is 5.60. The van der Waals surface area contributed by atoms with Crippen molar-refractivity contribution in [2.45, 2.75) is 25.6 Å². The van der Waals surface area contributed by atoms with E-state index in [9.17, 15) is 14.0 Å². The number of imidazole rings is 1. The van der Waals surface area contributed by atoms with Crippen LogP contribution in [0, 0.1) is 5.82 Å². The zero-order valence-electron chi connectivity index (χ0n) is 16.6. The minimum absolute atomic E-state index is 0.0263. The Balaban J connectivity index is 1.36. The highest BCUT2D eigenvalue weighted by atomic mass is 35.5. The van der Waals surface area contributed by atoms with E-state index in [4.69, 9.17) is 21.1 Å². The van der Waals surface area contributed by atoms with Gasteiger partial charge in [-0.25, -0.2) is 9.37 Å². The Labute approximate surface area is 185 Å². The molecule has 1 atom stereocenters. The molecule has 2 amide bonds. The predicted octanol–water partition coefficient (Wildman–Crippen LogP) is 2.37. The third-order valence-electron chi connectivity index (χ3n) is 4.52. The molecule has 0 radical (unpaired) electrons. The molecule has 2 aromatic heterocycles. The molecule has 9 nitrogen and oxygen atoms in total. The van der Waals surface area contributed by atoms with Crippen LogP contribution in [0.2, 0.25) is 5.02 Å². The van der Waals surface area contributed by atoms with Crippen molar-refractivity contribution in [3.05, 3.63) is 52.0 Å². The molecule has 164 valence electrons. The quantitative estimate of drug-likeness (QED) is 0.497. The first-order valence-corrected chi connectivity index (χ1v) is 10.5. The number of amides is 2. The molecular weight excluding hydrogens is 449 g/mol. The summed E-state index contributed by atoms with van der Waals surface area (Å²) in [6.07, 6.45) is 3.28. The molecule has 1 aliphatic rings. The van der Waals surface area contributed by atoms with Gasteiger partial charge in [-0.15, -0.1) is 11.3 Å². The number of fused-ring (bicyclic) bond motifs is 1. The first-order chi connectivity index (χ1) is 14.7. The number of thiazole rings is 1. The fraction of sp³-hybridized carbons (Fsp3) is 0.316. The van der Waals surface area contributed by atoms with E-state index in [1.807, 2.05) is 19.2 Å². The van der Waals surface area contributed by atoms with Crippen molar-refractivity contribution in [3.63, 3.8) is 0 Å². The SMILES string of the molecule is CC1(C)NC(COc2cc(Cl)c(C(=O)NNC(=O)c3cn4ccsc4n3)cc2F)CO1. The van der Waals surface area contributed by atoms with E-state index in [1.54, 1.807) is 10.6 Å². The average Bonchev–Trinajstić information content (AvgIpc) is 3.40. The molecule has 1 saturated heterocycles. The Morgan fingerprint density at radius 2 is 2.19 bits per heavy atom. The molecule has 4 rings (SSSR count). The van der Waals surface area contributed by atoms with Gasteiger partial charge in [0.1, 0.15) is 18.0 Å². The van der Waals surface area contributed by atoms with Gasteiger partial charge in [-0.2, -0.15) is 0 Å². The Morgan fingerprint density at radius 3 is 2.90 bits per heavy atom. The number of ether oxygens (including phenoxy) is 2. The summed E-state index contributed by atoms with van der Waals surface area (Å²) < 4.78 is 27.2. The topological polar surface area (TPSA) is 106 Å². The fourth-order valence-electron chi connectivity index (χ4n) is 3.06. The highest BCUT2D eigenvalue weighted by Gasteiger charge is 2.31. The molecule has 3 heterocycles. The first kappa shape index (κ1) is 21.5. The predicted molar refractivity (Wildman–Crippen MR) is 112 cm³/mol. The second-order valence-corrected chi connectivity index (χ2v) is 8.64. The maximum atomic E-state index is 14.4. The first-order valence-electron chi connectivity index (χ1n) is 9.28. The summed E-state index contributed by atoms with van der Waals surface area (Å²) in [6, 6.07) is 2.07. The smallest absolute Gasteiger partial charge is 0.289 e. The normalized spacial score (nSPS) is 17.6. The Morgan fingerprint density at radius 1 is 1.42 bits per heavy atom. The second-order valence-electron chi connectivity index (χ2n) is 7.36. The average molecular weight is 468 g/mol. The zero-order chi connectivity index (χ0) is 22.2. The number of carbonyl (C=O) groups is 2. The number of carbonyl (C=O) groups excluding carboxylic acids is 2. The Kier molecular flexibility index (Phi) is 5.84. The number of benzene rings is 1. The summed E-state index contributed by atoms with van der Waals surface area (Å²) >= 11 is 7.50. The molecule has 0 saturated carbocycles. The Bertz CT molecular complexity index is 1120. The summed E-state index contributed by atoms with van der Waals surface area (Å²) in [6.45, 7) is 4.36. The van der Waals surface area contributed by atoms with Gasteiger partial charge in [-0.1, -0.05) is 11.6 Å². The second kappa shape index (κ2) is 8.42. The zero-order valence-corrected chi connectivity index (χ0v) is 18.1. The lowest BCUT2D eigenvalue weighted by molar-refractivity contribution is 0.0230. The molecule has 0 aliphatic carbocycles. The van der Waals surface area contributed by atoms with Crippen LogP contribution >= 0.6 is 22.9 Å². The van der Waals surface area contributed by atoms with Gasteiger partial charge in [-0.05, 0) is 19.9 Å². The van der Waals surface area contributed by atoms with Crippen LogP contribution in [0.3, 0.4) is 0 Å². The minimum Gasteiger partial charge on any atom is -0.489 e. The van der Waals surface area contributed by atoms with Crippen molar-refractivity contribution >= 4 is 39.7 Å². The molecule has 1 unspecified atom stereocenters. The van der Waals surface area contributed by atoms with Crippen LogP contribution in [0.4, 0.5) is 4.39 Å². The highest BCUT2D eigenvalue weighted by molar-refractivity contribution is 7.15. The summed E-state index contributed by atoms with van der Waals surface area (Å²) in [5.74, 6) is -2.24. The molecular formula is C19H19ClFN5O4S. The van der Waals surface area contributed by atoms with Crippen molar-refractivity contribution in [2.75, 3.05) is 13.2 Å². The Hall–Kier alpha value is -2.73. The van der Waals surface area contributed by atoms with Gasteiger partial charge in [0, 0.05) is 23.8 Å². The van der Waals surface area contributed by atoms with E-state index in [-0.39, 0.29) is 34.7 Å². The van der Waals surface area contributed by atoms with Gasteiger partial charge in [0.05, 0.1) is 23.2 Å². The van der Waals surface area contributed by atoms with E-state index in [2.05, 4.69) is 21.2 Å². The molecule has 1 fully saturated rings. The number of rotatable bonds is 5. The maximum Gasteiger partial charge on any atom is 0.289 e. The van der Waals surface area contributed by atoms with E-state index in [1.165, 1.54) is 23.6 Å². The molecule has 3 N–H and O–H groups in total. The minimum atomic E-state index is -0.780. The number of nitrogens with zero attached hydrogens (tertiary/aromatic N) is 2. The number of hydrogen-bond acceptors (Lipinski definition) is 7. The van der Waals surface area contributed by atoms with Crippen molar-refractivity contribution < 1.29 is 23.5 Å². The van der Waals surface area contributed by atoms with E-state index in [0.717, 1.165) is 6.07 Å². The molecule has 1 aliphatic heterocycles. The van der Waals surface area contributed by atoms with Crippen LogP contribution in [0.25, 0.3) is 4.96 Å². The number of aromatic nitrogens is 2. The van der Waals surface area contributed by atoms with Gasteiger partial charge in [0.2, 0.25) is 0 Å². The van der Waals surface area contributed by atoms with Crippen LogP contribution in [0.15, 0.2) is 29.9 Å². The van der Waals surface area contributed by atoms with Gasteiger partial charge in [0.15, 0.2) is 16.5 Å². The van der Waals surface area contributed by atoms with Crippen LogP contribution in [-0.2, 0) is 4.74 Å². The van der Waals surface area contributed by atoms with Gasteiger partial charge in [0.25, 0.3) is 11.8 Å². The molecule has 31 heavy (non-hydrogen) atoms. The van der Waals surface area contributed by atoms with Crippen LogP contribution in [0.1, 0.15) is 34.7 Å². The maximum absolute atomic E-state index is 14.4. The van der Waals surface area contributed by atoms with Gasteiger partial charge < -0.3 is 9.47 Å². The van der Waals surface area contributed by atoms with E-state index < -0.39 is 23.4 Å². The summed E-state index contributed by atoms with van der Waals surface area (Å²) in [5, 5.41) is 5.00. The van der Waals surface area contributed by atoms with Gasteiger partial charge in [-0.3, -0.25) is 30.2 Å². The molecule has 0 bridgehead atoms. The van der Waals surface area contributed by atoms with Crippen molar-refractivity contribution in [2.24, 2.45) is 0 Å². The molecule has 3 aromatic rings. The summed E-state index contributed by atoms with van der Waals surface area (Å²) in [4.78, 5) is 29.3. The van der Waals surface area contributed by atoms with E-state index >= 15 is 0 Å².